The number of hydrogen-bond donors (Lipinski definition) is 1. The standard InChI is InChI=1S/C15H18N8O/c1-10-8-22(9-11(2)24-10)14-5-3-12(7-16-14)17-13-4-6-15-18-20-21-23(15)19-13/h3-7,10-11H,8-9H2,1-2H3,(H,17,19). The molecule has 0 saturated carbocycles. The Labute approximate surface area is 138 Å². The summed E-state index contributed by atoms with van der Waals surface area (Å²) < 4.78 is 7.14. The average Bonchev–Trinajstić information content (AvgIpc) is 3.02. The zero-order valence-electron chi connectivity index (χ0n) is 13.5. The highest BCUT2D eigenvalue weighted by Gasteiger charge is 2.22. The number of pyridine rings is 1. The van der Waals surface area contributed by atoms with E-state index in [1.165, 1.54) is 4.63 Å². The van der Waals surface area contributed by atoms with Crippen molar-refractivity contribution in [1.82, 2.24) is 30.2 Å². The molecule has 3 aromatic rings. The Balaban J connectivity index is 1.49. The first-order valence-corrected chi connectivity index (χ1v) is 7.86. The molecule has 1 aliphatic rings. The Morgan fingerprint density at radius 3 is 2.71 bits per heavy atom. The quantitative estimate of drug-likeness (QED) is 0.769. The van der Waals surface area contributed by atoms with E-state index in [0.29, 0.717) is 11.5 Å². The molecular formula is C15H18N8O. The third kappa shape index (κ3) is 2.98. The van der Waals surface area contributed by atoms with Crippen LogP contribution in [-0.4, -0.2) is 55.5 Å². The second kappa shape index (κ2) is 6.00. The summed E-state index contributed by atoms with van der Waals surface area (Å²) >= 11 is 0. The molecule has 9 heteroatoms. The molecule has 4 rings (SSSR count). The molecule has 0 radical (unpaired) electrons. The maximum atomic E-state index is 5.76. The van der Waals surface area contributed by atoms with Crippen LogP contribution in [0.1, 0.15) is 13.8 Å². The summed E-state index contributed by atoms with van der Waals surface area (Å²) in [6.45, 7) is 5.86. The normalized spacial score (nSPS) is 21.2. The molecule has 1 N–H and O–H groups in total. The van der Waals surface area contributed by atoms with Crippen LogP contribution in [0, 0.1) is 0 Å². The summed E-state index contributed by atoms with van der Waals surface area (Å²) in [6, 6.07) is 7.61. The van der Waals surface area contributed by atoms with Gasteiger partial charge in [-0.25, -0.2) is 4.98 Å². The predicted octanol–water partition coefficient (Wildman–Crippen LogP) is 1.27. The Morgan fingerprint density at radius 2 is 1.96 bits per heavy atom. The van der Waals surface area contributed by atoms with Crippen LogP contribution in [0.15, 0.2) is 30.5 Å². The van der Waals surface area contributed by atoms with Crippen molar-refractivity contribution < 1.29 is 4.74 Å². The number of anilines is 3. The van der Waals surface area contributed by atoms with Gasteiger partial charge in [0.15, 0.2) is 11.5 Å². The fraction of sp³-hybridized carbons (Fsp3) is 0.400. The minimum absolute atomic E-state index is 0.209. The van der Waals surface area contributed by atoms with Crippen molar-refractivity contribution in [3.8, 4) is 0 Å². The number of aromatic nitrogens is 6. The number of tetrazole rings is 1. The number of nitrogens with zero attached hydrogens (tertiary/aromatic N) is 7. The second-order valence-corrected chi connectivity index (χ2v) is 5.94. The van der Waals surface area contributed by atoms with E-state index in [2.05, 4.69) is 49.7 Å². The molecule has 0 amide bonds. The molecule has 24 heavy (non-hydrogen) atoms. The van der Waals surface area contributed by atoms with Crippen molar-refractivity contribution in [2.75, 3.05) is 23.3 Å². The molecule has 124 valence electrons. The highest BCUT2D eigenvalue weighted by atomic mass is 16.5. The van der Waals surface area contributed by atoms with E-state index in [9.17, 15) is 0 Å². The van der Waals surface area contributed by atoms with Crippen LogP contribution in [-0.2, 0) is 4.74 Å². The van der Waals surface area contributed by atoms with Gasteiger partial charge in [-0.2, -0.15) is 0 Å². The third-order valence-electron chi connectivity index (χ3n) is 3.83. The molecule has 4 heterocycles. The van der Waals surface area contributed by atoms with Crippen molar-refractivity contribution in [2.45, 2.75) is 26.1 Å². The molecule has 2 atom stereocenters. The highest BCUT2D eigenvalue weighted by Crippen LogP contribution is 2.21. The first-order valence-electron chi connectivity index (χ1n) is 7.86. The van der Waals surface area contributed by atoms with Crippen molar-refractivity contribution in [3.63, 3.8) is 0 Å². The van der Waals surface area contributed by atoms with Crippen molar-refractivity contribution in [1.29, 1.82) is 0 Å². The number of nitrogens with one attached hydrogen (secondary N) is 1. The molecule has 1 saturated heterocycles. The molecule has 1 fully saturated rings. The average molecular weight is 326 g/mol. The Morgan fingerprint density at radius 1 is 1.12 bits per heavy atom. The molecule has 0 spiro atoms. The largest absolute Gasteiger partial charge is 0.372 e. The molecule has 0 aliphatic carbocycles. The van der Waals surface area contributed by atoms with Crippen molar-refractivity contribution in [2.24, 2.45) is 0 Å². The fourth-order valence-corrected chi connectivity index (χ4v) is 2.88. The lowest BCUT2D eigenvalue weighted by atomic mass is 10.2. The van der Waals surface area contributed by atoms with Gasteiger partial charge in [0.1, 0.15) is 5.82 Å². The summed E-state index contributed by atoms with van der Waals surface area (Å²) in [4.78, 5) is 6.80. The molecule has 0 aromatic carbocycles. The molecule has 9 nitrogen and oxygen atoms in total. The zero-order valence-corrected chi connectivity index (χ0v) is 13.5. The maximum Gasteiger partial charge on any atom is 0.200 e. The lowest BCUT2D eigenvalue weighted by Gasteiger charge is -2.36. The van der Waals surface area contributed by atoms with Crippen LogP contribution in [0.5, 0.6) is 0 Å². The summed E-state index contributed by atoms with van der Waals surface area (Å²) in [5, 5.41) is 18.7. The van der Waals surface area contributed by atoms with Gasteiger partial charge in [0.2, 0.25) is 0 Å². The van der Waals surface area contributed by atoms with Gasteiger partial charge in [-0.1, -0.05) is 0 Å². The molecular weight excluding hydrogens is 308 g/mol. The van der Waals surface area contributed by atoms with E-state index in [1.54, 1.807) is 12.3 Å². The van der Waals surface area contributed by atoms with Crippen molar-refractivity contribution >= 4 is 23.0 Å². The van der Waals surface area contributed by atoms with Gasteiger partial charge in [0.05, 0.1) is 24.1 Å². The highest BCUT2D eigenvalue weighted by molar-refractivity contribution is 5.58. The van der Waals surface area contributed by atoms with Crippen LogP contribution in [0.3, 0.4) is 0 Å². The Kier molecular flexibility index (Phi) is 3.69. The minimum atomic E-state index is 0.209. The molecule has 2 unspecified atom stereocenters. The Bertz CT molecular complexity index is 823. The van der Waals surface area contributed by atoms with Crippen molar-refractivity contribution in [3.05, 3.63) is 30.5 Å². The first-order chi connectivity index (χ1) is 11.7. The van der Waals surface area contributed by atoms with E-state index < -0.39 is 0 Å². The van der Waals surface area contributed by atoms with Crippen LogP contribution in [0.4, 0.5) is 17.3 Å². The van der Waals surface area contributed by atoms with Crippen LogP contribution >= 0.6 is 0 Å². The second-order valence-electron chi connectivity index (χ2n) is 5.94. The number of rotatable bonds is 3. The van der Waals surface area contributed by atoms with Gasteiger partial charge in [-0.15, -0.1) is 14.8 Å². The molecule has 1 aliphatic heterocycles. The summed E-state index contributed by atoms with van der Waals surface area (Å²) in [7, 11) is 0. The van der Waals surface area contributed by atoms with Crippen LogP contribution in [0.2, 0.25) is 0 Å². The van der Waals surface area contributed by atoms with Gasteiger partial charge in [0, 0.05) is 13.1 Å². The van der Waals surface area contributed by atoms with E-state index >= 15 is 0 Å². The van der Waals surface area contributed by atoms with Gasteiger partial charge < -0.3 is 15.0 Å². The van der Waals surface area contributed by atoms with Gasteiger partial charge in [-0.05, 0) is 48.5 Å². The summed E-state index contributed by atoms with van der Waals surface area (Å²) in [5.41, 5.74) is 1.46. The van der Waals surface area contributed by atoms with E-state index in [4.69, 9.17) is 4.74 Å². The van der Waals surface area contributed by atoms with Gasteiger partial charge in [0.25, 0.3) is 0 Å². The number of hydrogen-bond acceptors (Lipinski definition) is 8. The van der Waals surface area contributed by atoms with E-state index in [0.717, 1.165) is 24.6 Å². The predicted molar refractivity (Wildman–Crippen MR) is 88.3 cm³/mol. The number of fused-ring (bicyclic) bond motifs is 1. The molecule has 3 aromatic heterocycles. The van der Waals surface area contributed by atoms with Crippen LogP contribution in [0.25, 0.3) is 5.65 Å². The third-order valence-corrected chi connectivity index (χ3v) is 3.83. The number of morpholine rings is 1. The minimum Gasteiger partial charge on any atom is -0.372 e. The van der Waals surface area contributed by atoms with Gasteiger partial charge >= 0.3 is 0 Å². The summed E-state index contributed by atoms with van der Waals surface area (Å²) in [6.07, 6.45) is 2.21. The SMILES string of the molecule is CC1CN(c2ccc(Nc3ccc4nnnn4n3)cn2)CC(C)O1. The Hall–Kier alpha value is -2.81. The van der Waals surface area contributed by atoms with Crippen LogP contribution < -0.4 is 10.2 Å². The lowest BCUT2D eigenvalue weighted by Crippen LogP contribution is -2.45. The number of ether oxygens (including phenoxy) is 1. The monoisotopic (exact) mass is 326 g/mol. The van der Waals surface area contributed by atoms with Gasteiger partial charge in [-0.3, -0.25) is 0 Å². The van der Waals surface area contributed by atoms with E-state index in [-0.39, 0.29) is 12.2 Å². The zero-order chi connectivity index (χ0) is 16.5. The summed E-state index contributed by atoms with van der Waals surface area (Å²) in [5.74, 6) is 1.60. The maximum absolute atomic E-state index is 5.76. The smallest absolute Gasteiger partial charge is 0.200 e. The van der Waals surface area contributed by atoms with E-state index in [1.807, 2.05) is 18.2 Å². The first kappa shape index (κ1) is 14.8. The topological polar surface area (TPSA) is 93.4 Å². The molecule has 0 bridgehead atoms. The lowest BCUT2D eigenvalue weighted by molar-refractivity contribution is -0.00545. The fourth-order valence-electron chi connectivity index (χ4n) is 2.88.